The summed E-state index contributed by atoms with van der Waals surface area (Å²) in [6, 6.07) is 7.34. The van der Waals surface area contributed by atoms with Crippen LogP contribution in [-0.4, -0.2) is 40.3 Å². The first-order chi connectivity index (χ1) is 12.7. The molecule has 1 N–H and O–H groups in total. The number of nitrogens with zero attached hydrogens (tertiary/aromatic N) is 1. The highest BCUT2D eigenvalue weighted by Crippen LogP contribution is 2.34. The number of carbonyl (C=O) groups is 1. The molecule has 0 fully saturated rings. The van der Waals surface area contributed by atoms with E-state index in [4.69, 9.17) is 9.47 Å². The predicted molar refractivity (Wildman–Crippen MR) is 94.6 cm³/mol. The molecular weight excluding hydrogens is 382 g/mol. The lowest BCUT2D eigenvalue weighted by atomic mass is 10.2. The number of rotatable bonds is 5. The second-order valence-corrected chi connectivity index (χ2v) is 7.68. The Morgan fingerprint density at radius 3 is 2.44 bits per heavy atom. The summed E-state index contributed by atoms with van der Waals surface area (Å²) < 4.78 is 62.2. The maximum absolute atomic E-state index is 13.2. The molecule has 7 nitrogen and oxygen atoms in total. The first-order valence-electron chi connectivity index (χ1n) is 7.86. The number of nitrogens with one attached hydrogen (secondary N) is 1. The first kappa shape index (κ1) is 18.9. The number of hydrogen-bond acceptors (Lipinski definition) is 5. The largest absolute Gasteiger partial charge is 0.486 e. The van der Waals surface area contributed by atoms with Gasteiger partial charge in [-0.1, -0.05) is 0 Å². The Balaban J connectivity index is 1.81. The Kier molecular flexibility index (Phi) is 5.17. The summed E-state index contributed by atoms with van der Waals surface area (Å²) >= 11 is 0. The summed E-state index contributed by atoms with van der Waals surface area (Å²) in [4.78, 5) is 12.2. The molecule has 0 saturated heterocycles. The molecule has 0 aromatic heterocycles. The number of carbonyl (C=O) groups excluding carboxylic acids is 1. The predicted octanol–water partition coefficient (Wildman–Crippen LogP) is 2.14. The van der Waals surface area contributed by atoms with Crippen molar-refractivity contribution in [2.45, 2.75) is 0 Å². The van der Waals surface area contributed by atoms with E-state index in [1.807, 2.05) is 0 Å². The van der Waals surface area contributed by atoms with Crippen LogP contribution in [0.3, 0.4) is 0 Å². The van der Waals surface area contributed by atoms with Gasteiger partial charge in [0, 0.05) is 17.8 Å². The zero-order valence-corrected chi connectivity index (χ0v) is 15.1. The fraction of sp³-hybridized carbons (Fsp3) is 0.235. The molecule has 10 heteroatoms. The molecule has 1 aliphatic heterocycles. The molecule has 0 radical (unpaired) electrons. The molecule has 1 heterocycles. The van der Waals surface area contributed by atoms with Crippen LogP contribution in [0, 0.1) is 11.6 Å². The van der Waals surface area contributed by atoms with Crippen LogP contribution in [-0.2, 0) is 14.8 Å². The molecule has 1 aliphatic rings. The summed E-state index contributed by atoms with van der Waals surface area (Å²) in [6.07, 6.45) is 0.953. The lowest BCUT2D eigenvalue weighted by Gasteiger charge is -2.24. The molecule has 1 amide bonds. The Morgan fingerprint density at radius 2 is 1.78 bits per heavy atom. The second kappa shape index (κ2) is 7.39. The Bertz CT molecular complexity index is 981. The van der Waals surface area contributed by atoms with Gasteiger partial charge < -0.3 is 14.8 Å². The van der Waals surface area contributed by atoms with Crippen LogP contribution in [0.2, 0.25) is 0 Å². The number of hydrogen-bond donors (Lipinski definition) is 1. The maximum Gasteiger partial charge on any atom is 0.245 e. The molecular formula is C17H16F2N2O5S. The van der Waals surface area contributed by atoms with Crippen LogP contribution in [0.1, 0.15) is 0 Å². The summed E-state index contributed by atoms with van der Waals surface area (Å²) in [5.41, 5.74) is 0.219. The number of fused-ring (bicyclic) bond motifs is 1. The van der Waals surface area contributed by atoms with E-state index < -0.39 is 34.1 Å². The van der Waals surface area contributed by atoms with Crippen LogP contribution in [0.25, 0.3) is 0 Å². The van der Waals surface area contributed by atoms with Gasteiger partial charge in [0.05, 0.1) is 11.9 Å². The average molecular weight is 398 g/mol. The summed E-state index contributed by atoms with van der Waals surface area (Å²) in [6.45, 7) is 0.155. The van der Waals surface area contributed by atoms with Crippen molar-refractivity contribution in [3.05, 3.63) is 48.0 Å². The summed E-state index contributed by atoms with van der Waals surface area (Å²) in [5, 5.41) is 2.34. The number of anilines is 2. The highest BCUT2D eigenvalue weighted by molar-refractivity contribution is 7.92. The van der Waals surface area contributed by atoms with Gasteiger partial charge in [0.15, 0.2) is 23.1 Å². The van der Waals surface area contributed by atoms with Crippen molar-refractivity contribution in [1.29, 1.82) is 0 Å². The third-order valence-corrected chi connectivity index (χ3v) is 4.85. The number of ether oxygens (including phenoxy) is 2. The summed E-state index contributed by atoms with van der Waals surface area (Å²) in [5.74, 6) is -2.05. The van der Waals surface area contributed by atoms with Crippen molar-refractivity contribution in [1.82, 2.24) is 0 Å². The van der Waals surface area contributed by atoms with Crippen molar-refractivity contribution in [2.24, 2.45) is 0 Å². The Morgan fingerprint density at radius 1 is 1.07 bits per heavy atom. The van der Waals surface area contributed by atoms with Gasteiger partial charge in [-0.2, -0.15) is 0 Å². The Hall–Kier alpha value is -2.88. The molecule has 0 unspecified atom stereocenters. The highest BCUT2D eigenvalue weighted by atomic mass is 32.2. The molecule has 0 atom stereocenters. The average Bonchev–Trinajstić information content (AvgIpc) is 2.61. The third kappa shape index (κ3) is 4.45. The fourth-order valence-corrected chi connectivity index (χ4v) is 3.34. The van der Waals surface area contributed by atoms with Gasteiger partial charge in [-0.05, 0) is 24.3 Å². The molecule has 0 bridgehead atoms. The zero-order valence-electron chi connectivity index (χ0n) is 14.2. The van der Waals surface area contributed by atoms with E-state index in [9.17, 15) is 22.0 Å². The van der Waals surface area contributed by atoms with E-state index in [0.717, 1.165) is 22.7 Å². The van der Waals surface area contributed by atoms with E-state index in [2.05, 4.69) is 5.32 Å². The fourth-order valence-electron chi connectivity index (χ4n) is 2.49. The molecule has 27 heavy (non-hydrogen) atoms. The minimum atomic E-state index is -3.80. The van der Waals surface area contributed by atoms with Crippen LogP contribution >= 0.6 is 0 Å². The maximum atomic E-state index is 13.2. The van der Waals surface area contributed by atoms with Crippen LogP contribution < -0.4 is 19.1 Å². The highest BCUT2D eigenvalue weighted by Gasteiger charge is 2.23. The monoisotopic (exact) mass is 398 g/mol. The van der Waals surface area contributed by atoms with Gasteiger partial charge in [-0.15, -0.1) is 0 Å². The second-order valence-electron chi connectivity index (χ2n) is 5.77. The molecule has 144 valence electrons. The quantitative estimate of drug-likeness (QED) is 0.834. The van der Waals surface area contributed by atoms with Crippen LogP contribution in [0.4, 0.5) is 20.2 Å². The topological polar surface area (TPSA) is 84.9 Å². The molecule has 3 rings (SSSR count). The van der Waals surface area contributed by atoms with Gasteiger partial charge in [-0.25, -0.2) is 17.2 Å². The van der Waals surface area contributed by atoms with E-state index in [1.165, 1.54) is 18.2 Å². The smallest absolute Gasteiger partial charge is 0.245 e. The normalized spacial score (nSPS) is 13.1. The van der Waals surface area contributed by atoms with Crippen molar-refractivity contribution in [3.63, 3.8) is 0 Å². The SMILES string of the molecule is CS(=O)(=O)N(CC(=O)Nc1ccc(F)c(F)c1)c1ccc2c(c1)OCCO2. The van der Waals surface area contributed by atoms with Crippen LogP contribution in [0.15, 0.2) is 36.4 Å². The molecule has 0 saturated carbocycles. The van der Waals surface area contributed by atoms with E-state index in [0.29, 0.717) is 24.7 Å². The number of amides is 1. The van der Waals surface area contributed by atoms with E-state index in [1.54, 1.807) is 6.07 Å². The van der Waals surface area contributed by atoms with Gasteiger partial charge in [0.2, 0.25) is 15.9 Å². The zero-order chi connectivity index (χ0) is 19.6. The first-order valence-corrected chi connectivity index (χ1v) is 9.71. The lowest BCUT2D eigenvalue weighted by molar-refractivity contribution is -0.114. The van der Waals surface area contributed by atoms with Gasteiger partial charge in [0.1, 0.15) is 19.8 Å². The number of benzene rings is 2. The van der Waals surface area contributed by atoms with Gasteiger partial charge >= 0.3 is 0 Å². The van der Waals surface area contributed by atoms with Crippen molar-refractivity contribution < 1.29 is 31.5 Å². The minimum Gasteiger partial charge on any atom is -0.486 e. The lowest BCUT2D eigenvalue weighted by Crippen LogP contribution is -2.37. The standard InChI is InChI=1S/C17H16F2N2O5S/c1-27(23,24)21(12-3-5-15-16(9-12)26-7-6-25-15)10-17(22)20-11-2-4-13(18)14(19)8-11/h2-5,8-9H,6-7,10H2,1H3,(H,20,22). The number of halogens is 2. The van der Waals surface area contributed by atoms with Gasteiger partial charge in [0.25, 0.3) is 0 Å². The Labute approximate surface area is 154 Å². The van der Waals surface area contributed by atoms with Crippen molar-refractivity contribution in [3.8, 4) is 11.5 Å². The third-order valence-electron chi connectivity index (χ3n) is 3.70. The minimum absolute atomic E-state index is 0.00882. The van der Waals surface area contributed by atoms with Crippen molar-refractivity contribution >= 4 is 27.3 Å². The van der Waals surface area contributed by atoms with Gasteiger partial charge in [-0.3, -0.25) is 9.10 Å². The number of sulfonamides is 1. The van der Waals surface area contributed by atoms with Crippen LogP contribution in [0.5, 0.6) is 11.5 Å². The summed E-state index contributed by atoms with van der Waals surface area (Å²) in [7, 11) is -3.80. The molecule has 2 aromatic carbocycles. The van der Waals surface area contributed by atoms with E-state index in [-0.39, 0.29) is 11.4 Å². The molecule has 0 spiro atoms. The molecule has 0 aliphatic carbocycles. The van der Waals surface area contributed by atoms with Crippen molar-refractivity contribution in [2.75, 3.05) is 35.6 Å². The van der Waals surface area contributed by atoms with E-state index >= 15 is 0 Å². The molecule has 2 aromatic rings.